The summed E-state index contributed by atoms with van der Waals surface area (Å²) < 4.78 is 14.1. The molecule has 0 unspecified atom stereocenters. The highest BCUT2D eigenvalue weighted by molar-refractivity contribution is 7.99. The molecule has 4 nitrogen and oxygen atoms in total. The lowest BCUT2D eigenvalue weighted by Crippen LogP contribution is -2.52. The maximum Gasteiger partial charge on any atom is 0.243 e. The molecule has 184 valence electrons. The van der Waals surface area contributed by atoms with Gasteiger partial charge in [-0.15, -0.1) is 11.8 Å². The second kappa shape index (κ2) is 13.1. The van der Waals surface area contributed by atoms with Crippen molar-refractivity contribution in [1.29, 1.82) is 0 Å². The number of nitrogens with one attached hydrogen (secondary N) is 1. The Balaban J connectivity index is 1.73. The van der Waals surface area contributed by atoms with Gasteiger partial charge >= 0.3 is 0 Å². The van der Waals surface area contributed by atoms with E-state index in [0.29, 0.717) is 29.3 Å². The molecule has 2 aromatic rings. The van der Waals surface area contributed by atoms with Crippen LogP contribution in [0.15, 0.2) is 42.5 Å². The first kappa shape index (κ1) is 26.6. The van der Waals surface area contributed by atoms with Crippen LogP contribution < -0.4 is 5.32 Å². The van der Waals surface area contributed by atoms with E-state index in [0.717, 1.165) is 36.8 Å². The second-order valence-corrected chi connectivity index (χ2v) is 10.3. The van der Waals surface area contributed by atoms with Crippen LogP contribution in [0.2, 0.25) is 5.02 Å². The monoisotopic (exact) mass is 504 g/mol. The van der Waals surface area contributed by atoms with Gasteiger partial charge in [-0.1, -0.05) is 68.1 Å². The molecule has 1 saturated carbocycles. The quantitative estimate of drug-likeness (QED) is 0.414. The van der Waals surface area contributed by atoms with E-state index >= 15 is 0 Å². The average Bonchev–Trinajstić information content (AvgIpc) is 2.82. The second-order valence-electron chi connectivity index (χ2n) is 8.91. The zero-order valence-electron chi connectivity index (χ0n) is 20.0. The van der Waals surface area contributed by atoms with Gasteiger partial charge in [0.2, 0.25) is 11.8 Å². The molecule has 7 heteroatoms. The molecular formula is C27H34ClFN2O2S. The van der Waals surface area contributed by atoms with E-state index in [1.54, 1.807) is 17.0 Å². The van der Waals surface area contributed by atoms with E-state index in [9.17, 15) is 14.0 Å². The summed E-state index contributed by atoms with van der Waals surface area (Å²) in [7, 11) is 0. The zero-order chi connectivity index (χ0) is 24.5. The van der Waals surface area contributed by atoms with Crippen molar-refractivity contribution in [3.63, 3.8) is 0 Å². The zero-order valence-corrected chi connectivity index (χ0v) is 21.6. The molecule has 0 spiro atoms. The summed E-state index contributed by atoms with van der Waals surface area (Å²) in [5.74, 6) is -0.156. The number of thioether (sulfide) groups is 1. The van der Waals surface area contributed by atoms with Crippen molar-refractivity contribution in [3.8, 4) is 0 Å². The van der Waals surface area contributed by atoms with E-state index in [1.165, 1.54) is 24.2 Å². The summed E-state index contributed by atoms with van der Waals surface area (Å²) in [4.78, 5) is 28.4. The SMILES string of the molecule is CC[C@@H](C(=O)NC1CCCCC1)N(Cc1ccccc1C)C(=O)CSCc1c(F)cccc1Cl. The first-order valence-corrected chi connectivity index (χ1v) is 13.6. The topological polar surface area (TPSA) is 49.4 Å². The molecule has 1 atom stereocenters. The largest absolute Gasteiger partial charge is 0.352 e. The summed E-state index contributed by atoms with van der Waals surface area (Å²) in [5.41, 5.74) is 2.49. The summed E-state index contributed by atoms with van der Waals surface area (Å²) in [5, 5.41) is 3.55. The first-order chi connectivity index (χ1) is 16.4. The standard InChI is InChI=1S/C27H34ClFN2O2S/c1-3-25(27(33)30-21-12-5-4-6-13-21)31(16-20-11-8-7-10-19(20)2)26(32)18-34-17-22-23(28)14-9-15-24(22)29/h7-11,14-15,21,25H,3-6,12-13,16-18H2,1-2H3,(H,30,33)/t25-/m0/s1. The molecule has 2 amide bonds. The number of carbonyl (C=O) groups excluding carboxylic acids is 2. The Morgan fingerprint density at radius 1 is 1.15 bits per heavy atom. The van der Waals surface area contributed by atoms with Crippen molar-refractivity contribution < 1.29 is 14.0 Å². The van der Waals surface area contributed by atoms with E-state index in [-0.39, 0.29) is 29.4 Å². The van der Waals surface area contributed by atoms with Crippen molar-refractivity contribution in [2.75, 3.05) is 5.75 Å². The molecular weight excluding hydrogens is 471 g/mol. The van der Waals surface area contributed by atoms with Gasteiger partial charge in [0.15, 0.2) is 0 Å². The molecule has 0 radical (unpaired) electrons. The molecule has 3 rings (SSSR count). The number of rotatable bonds is 10. The molecule has 1 aliphatic rings. The van der Waals surface area contributed by atoms with Gasteiger partial charge < -0.3 is 10.2 Å². The highest BCUT2D eigenvalue weighted by atomic mass is 35.5. The first-order valence-electron chi connectivity index (χ1n) is 12.1. The highest BCUT2D eigenvalue weighted by Gasteiger charge is 2.30. The third kappa shape index (κ3) is 7.22. The van der Waals surface area contributed by atoms with Gasteiger partial charge in [-0.05, 0) is 49.4 Å². The van der Waals surface area contributed by atoms with E-state index in [1.807, 2.05) is 38.1 Å². The van der Waals surface area contributed by atoms with Crippen LogP contribution in [0.5, 0.6) is 0 Å². The number of nitrogens with zero attached hydrogens (tertiary/aromatic N) is 1. The minimum Gasteiger partial charge on any atom is -0.352 e. The van der Waals surface area contributed by atoms with Gasteiger partial charge in [-0.2, -0.15) is 0 Å². The van der Waals surface area contributed by atoms with Gasteiger partial charge in [0, 0.05) is 28.9 Å². The van der Waals surface area contributed by atoms with Crippen LogP contribution in [0.1, 0.15) is 62.1 Å². The van der Waals surface area contributed by atoms with Crippen molar-refractivity contribution >= 4 is 35.2 Å². The van der Waals surface area contributed by atoms with Gasteiger partial charge in [0.1, 0.15) is 11.9 Å². The Morgan fingerprint density at radius 3 is 2.56 bits per heavy atom. The average molecular weight is 505 g/mol. The van der Waals surface area contributed by atoms with Crippen LogP contribution in [-0.2, 0) is 21.9 Å². The number of hydrogen-bond donors (Lipinski definition) is 1. The molecule has 1 fully saturated rings. The predicted octanol–water partition coefficient (Wildman–Crippen LogP) is 6.28. The van der Waals surface area contributed by atoms with Gasteiger partial charge in [0.25, 0.3) is 0 Å². The van der Waals surface area contributed by atoms with Crippen LogP contribution >= 0.6 is 23.4 Å². The molecule has 0 aliphatic heterocycles. The van der Waals surface area contributed by atoms with Crippen LogP contribution in [0, 0.1) is 12.7 Å². The number of aryl methyl sites for hydroxylation is 1. The van der Waals surface area contributed by atoms with Gasteiger partial charge in [-0.25, -0.2) is 4.39 Å². The summed E-state index contributed by atoms with van der Waals surface area (Å²) in [6.07, 6.45) is 5.98. The Morgan fingerprint density at radius 2 is 1.88 bits per heavy atom. The minimum atomic E-state index is -0.549. The molecule has 0 heterocycles. The predicted molar refractivity (Wildman–Crippen MR) is 138 cm³/mol. The summed E-state index contributed by atoms with van der Waals surface area (Å²) >= 11 is 7.45. The van der Waals surface area contributed by atoms with Crippen molar-refractivity contribution in [3.05, 3.63) is 70.0 Å². The molecule has 0 saturated heterocycles. The fourth-order valence-electron chi connectivity index (χ4n) is 4.43. The van der Waals surface area contributed by atoms with Gasteiger partial charge in [-0.3, -0.25) is 9.59 Å². The van der Waals surface area contributed by atoms with E-state index in [2.05, 4.69) is 5.32 Å². The third-order valence-corrected chi connectivity index (χ3v) is 7.77. The minimum absolute atomic E-state index is 0.0847. The molecule has 0 aromatic heterocycles. The van der Waals surface area contributed by atoms with Crippen LogP contribution in [0.4, 0.5) is 4.39 Å². The Bertz CT molecular complexity index is 961. The molecule has 1 N–H and O–H groups in total. The molecule has 1 aliphatic carbocycles. The number of carbonyl (C=O) groups is 2. The van der Waals surface area contributed by atoms with E-state index < -0.39 is 6.04 Å². The molecule has 2 aromatic carbocycles. The number of benzene rings is 2. The number of amides is 2. The maximum atomic E-state index is 14.1. The Labute approximate surface area is 211 Å². The van der Waals surface area contributed by atoms with Crippen molar-refractivity contribution in [2.45, 2.75) is 76.8 Å². The number of hydrogen-bond acceptors (Lipinski definition) is 3. The van der Waals surface area contributed by atoms with Gasteiger partial charge in [0.05, 0.1) is 5.75 Å². The van der Waals surface area contributed by atoms with E-state index in [4.69, 9.17) is 11.6 Å². The van der Waals surface area contributed by atoms with Crippen molar-refractivity contribution in [2.24, 2.45) is 0 Å². The lowest BCUT2D eigenvalue weighted by atomic mass is 9.95. The third-order valence-electron chi connectivity index (χ3n) is 6.47. The van der Waals surface area contributed by atoms with Crippen LogP contribution in [0.25, 0.3) is 0 Å². The van der Waals surface area contributed by atoms with Crippen LogP contribution in [-0.4, -0.2) is 34.6 Å². The Hall–Kier alpha value is -2.05. The Kier molecular flexibility index (Phi) is 10.3. The molecule has 34 heavy (non-hydrogen) atoms. The fourth-order valence-corrected chi connectivity index (χ4v) is 5.68. The smallest absolute Gasteiger partial charge is 0.243 e. The summed E-state index contributed by atoms with van der Waals surface area (Å²) in [6.45, 7) is 4.31. The lowest BCUT2D eigenvalue weighted by Gasteiger charge is -2.33. The fraction of sp³-hybridized carbons (Fsp3) is 0.481. The lowest BCUT2D eigenvalue weighted by molar-refractivity contribution is -0.139. The highest BCUT2D eigenvalue weighted by Crippen LogP contribution is 2.25. The van der Waals surface area contributed by atoms with Crippen molar-refractivity contribution in [1.82, 2.24) is 10.2 Å². The maximum absolute atomic E-state index is 14.1. The molecule has 0 bridgehead atoms. The van der Waals surface area contributed by atoms with Crippen LogP contribution in [0.3, 0.4) is 0 Å². The summed E-state index contributed by atoms with van der Waals surface area (Å²) in [6, 6.07) is 12.1. The number of halogens is 2. The normalized spacial score (nSPS) is 15.1.